The van der Waals surface area contributed by atoms with Gasteiger partial charge in [0.05, 0.1) is 24.3 Å². The summed E-state index contributed by atoms with van der Waals surface area (Å²) in [7, 11) is 0. The van der Waals surface area contributed by atoms with Crippen molar-refractivity contribution in [3.63, 3.8) is 0 Å². The fraction of sp³-hybridized carbons (Fsp3) is 0.917. The van der Waals surface area contributed by atoms with Gasteiger partial charge in [0.25, 0.3) is 0 Å². The molecule has 0 aromatic heterocycles. The number of carbonyl (C=O) groups is 2. The van der Waals surface area contributed by atoms with Gasteiger partial charge in [-0.3, -0.25) is 0 Å². The third kappa shape index (κ3) is 19.8. The molecule has 0 aliphatic rings. The summed E-state index contributed by atoms with van der Waals surface area (Å²) in [6, 6.07) is -0.676. The number of rotatable bonds is 12. The normalized spacial score (nSPS) is 15.2. The molecule has 0 spiro atoms. The minimum Gasteiger partial charge on any atom is -0.444 e. The molecule has 0 aromatic rings. The first kappa shape index (κ1) is 34.5. The molecule has 0 unspecified atom stereocenters. The van der Waals surface area contributed by atoms with E-state index in [4.69, 9.17) is 20.9 Å². The lowest BCUT2D eigenvalue weighted by Gasteiger charge is -2.26. The van der Waals surface area contributed by atoms with Crippen LogP contribution >= 0.6 is 0 Å². The Morgan fingerprint density at radius 2 is 1.03 bits per heavy atom. The Labute approximate surface area is 206 Å². The third-order valence-corrected chi connectivity index (χ3v) is 4.55. The van der Waals surface area contributed by atoms with Gasteiger partial charge in [0, 0.05) is 13.1 Å². The highest BCUT2D eigenvalue weighted by atomic mass is 16.6. The molecule has 0 aromatic carbocycles. The van der Waals surface area contributed by atoms with Crippen LogP contribution < -0.4 is 22.1 Å². The number of amides is 2. The zero-order chi connectivity index (χ0) is 26.9. The van der Waals surface area contributed by atoms with Crippen molar-refractivity contribution >= 4 is 12.2 Å². The molecule has 0 bridgehead atoms. The molecule has 10 nitrogen and oxygen atoms in total. The number of hydrogen-bond acceptors (Lipinski definition) is 8. The molecule has 0 radical (unpaired) electrons. The van der Waals surface area contributed by atoms with Gasteiger partial charge in [0.2, 0.25) is 0 Å². The number of unbranched alkanes of at least 4 members (excludes halogenated alkanes) is 2. The van der Waals surface area contributed by atoms with E-state index in [1.54, 1.807) is 41.5 Å². The van der Waals surface area contributed by atoms with Gasteiger partial charge < -0.3 is 41.8 Å². The van der Waals surface area contributed by atoms with Crippen LogP contribution in [0.3, 0.4) is 0 Å². The van der Waals surface area contributed by atoms with Crippen LogP contribution in [0.15, 0.2) is 0 Å². The number of aliphatic hydroxyl groups excluding tert-OH is 2. The summed E-state index contributed by atoms with van der Waals surface area (Å²) >= 11 is 0. The molecule has 34 heavy (non-hydrogen) atoms. The van der Waals surface area contributed by atoms with E-state index in [9.17, 15) is 19.8 Å². The molecule has 0 aliphatic heterocycles. The Bertz CT molecular complexity index is 501. The molecular weight excluding hydrogens is 440 g/mol. The van der Waals surface area contributed by atoms with E-state index >= 15 is 0 Å². The monoisotopic (exact) mass is 492 g/mol. The van der Waals surface area contributed by atoms with Crippen LogP contribution in [0.2, 0.25) is 0 Å². The number of alkyl carbamates (subject to hydrolysis) is 2. The van der Waals surface area contributed by atoms with Gasteiger partial charge in [-0.25, -0.2) is 9.59 Å². The highest BCUT2D eigenvalue weighted by Gasteiger charge is 2.24. The summed E-state index contributed by atoms with van der Waals surface area (Å²) in [5.74, 6) is 0. The van der Waals surface area contributed by atoms with E-state index < -0.39 is 35.6 Å². The van der Waals surface area contributed by atoms with E-state index in [2.05, 4.69) is 24.5 Å². The largest absolute Gasteiger partial charge is 0.444 e. The second-order valence-corrected chi connectivity index (χ2v) is 10.4. The molecule has 0 heterocycles. The van der Waals surface area contributed by atoms with Crippen molar-refractivity contribution in [3.05, 3.63) is 0 Å². The Balaban J connectivity index is 0. The summed E-state index contributed by atoms with van der Waals surface area (Å²) in [5, 5.41) is 24.7. The Morgan fingerprint density at radius 1 is 0.735 bits per heavy atom. The van der Waals surface area contributed by atoms with Crippen LogP contribution in [0.25, 0.3) is 0 Å². The third-order valence-electron chi connectivity index (χ3n) is 4.55. The predicted molar refractivity (Wildman–Crippen MR) is 135 cm³/mol. The number of aliphatic hydroxyl groups is 2. The van der Waals surface area contributed by atoms with E-state index in [0.29, 0.717) is 12.8 Å². The van der Waals surface area contributed by atoms with Gasteiger partial charge in [-0.2, -0.15) is 0 Å². The lowest BCUT2D eigenvalue weighted by atomic mass is 10.0. The van der Waals surface area contributed by atoms with E-state index in [-0.39, 0.29) is 25.2 Å². The second kappa shape index (κ2) is 17.8. The maximum absolute atomic E-state index is 11.6. The summed E-state index contributed by atoms with van der Waals surface area (Å²) in [4.78, 5) is 23.1. The zero-order valence-corrected chi connectivity index (χ0v) is 22.6. The Kier molecular flexibility index (Phi) is 18.0. The topological polar surface area (TPSA) is 169 Å². The number of carbonyl (C=O) groups excluding carboxylic acids is 2. The minimum absolute atomic E-state index is 0.129. The molecule has 0 fully saturated rings. The molecule has 0 rings (SSSR count). The SMILES string of the molecule is CCCC[C@H](NC(=O)OC(C)(C)C)[C@@H](O)CN.CCCC[C@H](NC(=O)OC(C)(C)C)[C@H](O)CN. The van der Waals surface area contributed by atoms with Crippen molar-refractivity contribution in [2.24, 2.45) is 11.5 Å². The summed E-state index contributed by atoms with van der Waals surface area (Å²) in [6.45, 7) is 15.2. The van der Waals surface area contributed by atoms with E-state index in [1.807, 2.05) is 0 Å². The first-order chi connectivity index (χ1) is 15.6. The van der Waals surface area contributed by atoms with Gasteiger partial charge in [-0.15, -0.1) is 0 Å². The van der Waals surface area contributed by atoms with Crippen LogP contribution in [-0.2, 0) is 9.47 Å². The standard InChI is InChI=1S/2C12H26N2O3/c2*1-5-6-7-9(10(15)8-13)14-11(16)17-12(2,3)4/h2*9-10,15H,5-8,13H2,1-4H3,(H,14,16)/t9-,10+;9-,10-/m00/s1. The quantitative estimate of drug-likeness (QED) is 0.241. The molecule has 0 saturated carbocycles. The zero-order valence-electron chi connectivity index (χ0n) is 22.6. The summed E-state index contributed by atoms with van der Waals surface area (Å²) < 4.78 is 10.3. The van der Waals surface area contributed by atoms with Crippen LogP contribution in [0.4, 0.5) is 9.59 Å². The van der Waals surface area contributed by atoms with Crippen LogP contribution in [-0.4, -0.2) is 71.0 Å². The number of nitrogens with one attached hydrogen (secondary N) is 2. The Morgan fingerprint density at radius 3 is 1.24 bits per heavy atom. The highest BCUT2D eigenvalue weighted by molar-refractivity contribution is 5.68. The lowest BCUT2D eigenvalue weighted by Crippen LogP contribution is -2.48. The van der Waals surface area contributed by atoms with Crippen molar-refractivity contribution in [2.45, 2.75) is 129 Å². The number of hydrogen-bond donors (Lipinski definition) is 6. The fourth-order valence-electron chi connectivity index (χ4n) is 2.82. The highest BCUT2D eigenvalue weighted by Crippen LogP contribution is 2.11. The van der Waals surface area contributed by atoms with Crippen molar-refractivity contribution in [1.29, 1.82) is 0 Å². The average Bonchev–Trinajstić information content (AvgIpc) is 2.70. The van der Waals surface area contributed by atoms with Gasteiger partial charge in [0.1, 0.15) is 11.2 Å². The van der Waals surface area contributed by atoms with Crippen LogP contribution in [0, 0.1) is 0 Å². The second-order valence-electron chi connectivity index (χ2n) is 10.4. The van der Waals surface area contributed by atoms with E-state index in [1.165, 1.54) is 0 Å². The lowest BCUT2D eigenvalue weighted by molar-refractivity contribution is 0.0413. The van der Waals surface area contributed by atoms with Crippen LogP contribution in [0.1, 0.15) is 93.9 Å². The molecule has 2 amide bonds. The smallest absolute Gasteiger partial charge is 0.407 e. The van der Waals surface area contributed by atoms with Crippen molar-refractivity contribution in [2.75, 3.05) is 13.1 Å². The van der Waals surface area contributed by atoms with Crippen LogP contribution in [0.5, 0.6) is 0 Å². The number of ether oxygens (including phenoxy) is 2. The molecular formula is C24H52N4O6. The van der Waals surface area contributed by atoms with Gasteiger partial charge in [-0.1, -0.05) is 39.5 Å². The predicted octanol–water partition coefficient (Wildman–Crippen LogP) is 2.78. The molecule has 10 heteroatoms. The van der Waals surface area contributed by atoms with Gasteiger partial charge in [-0.05, 0) is 54.4 Å². The Hall–Kier alpha value is -1.62. The molecule has 8 N–H and O–H groups in total. The van der Waals surface area contributed by atoms with Gasteiger partial charge >= 0.3 is 12.2 Å². The first-order valence-corrected chi connectivity index (χ1v) is 12.3. The average molecular weight is 493 g/mol. The molecule has 0 saturated heterocycles. The summed E-state index contributed by atoms with van der Waals surface area (Å²) in [6.07, 6.45) is 2.80. The molecule has 4 atom stereocenters. The van der Waals surface area contributed by atoms with Crippen molar-refractivity contribution < 1.29 is 29.3 Å². The maximum Gasteiger partial charge on any atom is 0.407 e. The van der Waals surface area contributed by atoms with Gasteiger partial charge in [0.15, 0.2) is 0 Å². The maximum atomic E-state index is 11.6. The number of nitrogens with two attached hydrogens (primary N) is 2. The first-order valence-electron chi connectivity index (χ1n) is 12.3. The molecule has 204 valence electrons. The fourth-order valence-corrected chi connectivity index (χ4v) is 2.82. The van der Waals surface area contributed by atoms with Crippen molar-refractivity contribution in [3.8, 4) is 0 Å². The minimum atomic E-state index is -0.728. The summed E-state index contributed by atoms with van der Waals surface area (Å²) in [5.41, 5.74) is 9.74. The van der Waals surface area contributed by atoms with Crippen molar-refractivity contribution in [1.82, 2.24) is 10.6 Å². The molecule has 0 aliphatic carbocycles. The van der Waals surface area contributed by atoms with E-state index in [0.717, 1.165) is 25.7 Å².